The minimum Gasteiger partial charge on any atom is -0.457 e. The number of hydrogen-bond donors (Lipinski definition) is 1. The maximum Gasteiger partial charge on any atom is 0.412 e. The molecule has 156 valence electrons. The molecule has 1 aliphatic carbocycles. The van der Waals surface area contributed by atoms with Gasteiger partial charge in [0.1, 0.15) is 11.5 Å². The lowest BCUT2D eigenvalue weighted by Gasteiger charge is -2.29. The van der Waals surface area contributed by atoms with Crippen molar-refractivity contribution in [3.05, 3.63) is 77.4 Å². The van der Waals surface area contributed by atoms with Crippen LogP contribution in [-0.2, 0) is 0 Å². The fourth-order valence-electron chi connectivity index (χ4n) is 3.66. The van der Waals surface area contributed by atoms with Gasteiger partial charge in [0, 0.05) is 11.3 Å². The highest BCUT2D eigenvalue weighted by Gasteiger charge is 2.37. The van der Waals surface area contributed by atoms with Crippen LogP contribution in [0.15, 0.2) is 76.8 Å². The van der Waals surface area contributed by atoms with Crippen LogP contribution in [0.2, 0.25) is 0 Å². The maximum atomic E-state index is 13.2. The first kappa shape index (κ1) is 20.1. The van der Waals surface area contributed by atoms with E-state index in [-0.39, 0.29) is 12.5 Å². The molecular weight excluding hydrogens is 391 g/mol. The molecule has 0 radical (unpaired) electrons. The van der Waals surface area contributed by atoms with Gasteiger partial charge < -0.3 is 15.4 Å². The molecule has 0 bridgehead atoms. The number of halogens is 3. The van der Waals surface area contributed by atoms with E-state index in [4.69, 9.17) is 10.5 Å². The Morgan fingerprint density at radius 3 is 2.30 bits per heavy atom. The van der Waals surface area contributed by atoms with E-state index in [0.717, 1.165) is 17.0 Å². The molecule has 2 aromatic rings. The molecule has 1 atom stereocenters. The maximum absolute atomic E-state index is 13.2. The molecule has 0 saturated heterocycles. The summed E-state index contributed by atoms with van der Waals surface area (Å²) in [6.07, 6.45) is -0.875. The first-order chi connectivity index (χ1) is 14.3. The van der Waals surface area contributed by atoms with Crippen molar-refractivity contribution in [2.24, 2.45) is 10.7 Å². The zero-order valence-corrected chi connectivity index (χ0v) is 16.5. The van der Waals surface area contributed by atoms with Crippen molar-refractivity contribution in [3.63, 3.8) is 0 Å². The Hall–Kier alpha value is -3.22. The number of aliphatic imine (C=N–C) groups is 1. The summed E-state index contributed by atoms with van der Waals surface area (Å²) in [4.78, 5) is 6.05. The topological polar surface area (TPSA) is 50.9 Å². The van der Waals surface area contributed by atoms with Crippen molar-refractivity contribution in [2.45, 2.75) is 32.0 Å². The lowest BCUT2D eigenvalue weighted by Crippen LogP contribution is -2.42. The van der Waals surface area contributed by atoms with Gasteiger partial charge in [-0.15, -0.1) is 0 Å². The number of alkyl halides is 3. The van der Waals surface area contributed by atoms with Crippen LogP contribution in [0.4, 0.5) is 18.9 Å². The molecule has 0 saturated carbocycles. The third-order valence-electron chi connectivity index (χ3n) is 5.24. The van der Waals surface area contributed by atoms with E-state index in [1.54, 1.807) is 4.90 Å². The van der Waals surface area contributed by atoms with E-state index < -0.39 is 11.7 Å². The highest BCUT2D eigenvalue weighted by atomic mass is 19.4. The van der Waals surface area contributed by atoms with E-state index >= 15 is 0 Å². The van der Waals surface area contributed by atoms with Crippen molar-refractivity contribution in [3.8, 4) is 11.5 Å². The van der Waals surface area contributed by atoms with Crippen molar-refractivity contribution in [2.75, 3.05) is 11.4 Å². The van der Waals surface area contributed by atoms with Crippen LogP contribution in [0.25, 0.3) is 0 Å². The number of anilines is 1. The second kappa shape index (κ2) is 7.89. The molecule has 7 heteroatoms. The smallest absolute Gasteiger partial charge is 0.412 e. The fraction of sp³-hybridized carbons (Fsp3) is 0.261. The van der Waals surface area contributed by atoms with Gasteiger partial charge in [-0.2, -0.15) is 13.2 Å². The van der Waals surface area contributed by atoms with Crippen LogP contribution in [0.1, 0.15) is 18.4 Å². The predicted molar refractivity (Wildman–Crippen MR) is 112 cm³/mol. The molecule has 0 spiro atoms. The van der Waals surface area contributed by atoms with Crippen LogP contribution >= 0.6 is 0 Å². The molecular formula is C23H22F3N3O. The Labute approximate surface area is 173 Å². The third-order valence-corrected chi connectivity index (χ3v) is 5.24. The van der Waals surface area contributed by atoms with Gasteiger partial charge in [-0.3, -0.25) is 4.99 Å². The van der Waals surface area contributed by atoms with E-state index in [9.17, 15) is 13.2 Å². The molecule has 1 aliphatic heterocycles. The minimum absolute atomic E-state index is 0.00110. The van der Waals surface area contributed by atoms with Gasteiger partial charge in [0.25, 0.3) is 0 Å². The van der Waals surface area contributed by atoms with Gasteiger partial charge in [0.2, 0.25) is 0 Å². The molecule has 1 heterocycles. The van der Waals surface area contributed by atoms with E-state index in [1.165, 1.54) is 6.08 Å². The second-order valence-corrected chi connectivity index (χ2v) is 7.40. The standard InChI is InChI=1S/C23H22F3N3O/c1-15-5-9-19(10-6-15)30-20-11-7-18(8-12-20)29-21(14-28-22(29)27)16-3-2-4-17(13-16)23(24,25)26/h3,5-13,21H,2,4,14H2,1H3,(H2,27,28). The number of hydrogen-bond acceptors (Lipinski definition) is 4. The molecule has 0 amide bonds. The number of allylic oxidation sites excluding steroid dienone is 2. The normalized spacial score (nSPS) is 19.3. The monoisotopic (exact) mass is 413 g/mol. The van der Waals surface area contributed by atoms with Crippen molar-refractivity contribution < 1.29 is 17.9 Å². The molecule has 2 N–H and O–H groups in total. The van der Waals surface area contributed by atoms with Gasteiger partial charge in [-0.1, -0.05) is 23.8 Å². The largest absolute Gasteiger partial charge is 0.457 e. The van der Waals surface area contributed by atoms with Crippen molar-refractivity contribution >= 4 is 11.6 Å². The summed E-state index contributed by atoms with van der Waals surface area (Å²) in [5.41, 5.74) is 8.07. The minimum atomic E-state index is -4.32. The number of aryl methyl sites for hydroxylation is 1. The summed E-state index contributed by atoms with van der Waals surface area (Å²) < 4.78 is 45.3. The molecule has 2 aromatic carbocycles. The zero-order valence-electron chi connectivity index (χ0n) is 16.5. The Balaban J connectivity index is 1.54. The quantitative estimate of drug-likeness (QED) is 0.720. The zero-order chi connectivity index (χ0) is 21.3. The number of rotatable bonds is 4. The number of guanidine groups is 1. The summed E-state index contributed by atoms with van der Waals surface area (Å²) in [5, 5.41) is 0. The molecule has 30 heavy (non-hydrogen) atoms. The van der Waals surface area contributed by atoms with Crippen LogP contribution in [0, 0.1) is 6.92 Å². The van der Waals surface area contributed by atoms with Crippen LogP contribution in [0.3, 0.4) is 0 Å². The summed E-state index contributed by atoms with van der Waals surface area (Å²) in [5.74, 6) is 1.68. The average molecular weight is 413 g/mol. The van der Waals surface area contributed by atoms with E-state index in [2.05, 4.69) is 4.99 Å². The number of nitrogens with two attached hydrogens (primary N) is 1. The average Bonchev–Trinajstić information content (AvgIpc) is 3.11. The molecule has 2 aliphatic rings. The molecule has 0 aromatic heterocycles. The molecule has 1 unspecified atom stereocenters. The lowest BCUT2D eigenvalue weighted by molar-refractivity contribution is -0.0941. The number of ether oxygens (including phenoxy) is 1. The van der Waals surface area contributed by atoms with E-state index in [1.807, 2.05) is 61.5 Å². The van der Waals surface area contributed by atoms with Crippen molar-refractivity contribution in [1.29, 1.82) is 0 Å². The fourth-order valence-corrected chi connectivity index (χ4v) is 3.66. The SMILES string of the molecule is Cc1ccc(Oc2ccc(N3C(N)=NCC3C3=CCCC(C(F)(F)F)=C3)cc2)cc1. The van der Waals surface area contributed by atoms with Crippen LogP contribution < -0.4 is 15.4 Å². The molecule has 0 fully saturated rings. The Morgan fingerprint density at radius 1 is 1.03 bits per heavy atom. The Morgan fingerprint density at radius 2 is 1.67 bits per heavy atom. The summed E-state index contributed by atoms with van der Waals surface area (Å²) in [6, 6.07) is 14.7. The summed E-state index contributed by atoms with van der Waals surface area (Å²) in [6.45, 7) is 2.33. The molecule has 4 nitrogen and oxygen atoms in total. The van der Waals surface area contributed by atoms with Crippen molar-refractivity contribution in [1.82, 2.24) is 0 Å². The highest BCUT2D eigenvalue weighted by Crippen LogP contribution is 2.36. The van der Waals surface area contributed by atoms with Gasteiger partial charge in [-0.05, 0) is 67.8 Å². The van der Waals surface area contributed by atoms with Gasteiger partial charge >= 0.3 is 6.18 Å². The van der Waals surface area contributed by atoms with Gasteiger partial charge in [0.15, 0.2) is 5.96 Å². The second-order valence-electron chi connectivity index (χ2n) is 7.40. The Kier molecular flexibility index (Phi) is 5.28. The number of nitrogens with zero attached hydrogens (tertiary/aromatic N) is 2. The predicted octanol–water partition coefficient (Wildman–Crippen LogP) is 5.50. The summed E-state index contributed by atoms with van der Waals surface area (Å²) >= 11 is 0. The Bertz CT molecular complexity index is 1010. The molecule has 4 rings (SSSR count). The first-order valence-corrected chi connectivity index (χ1v) is 9.73. The third kappa shape index (κ3) is 4.20. The lowest BCUT2D eigenvalue weighted by atomic mass is 9.93. The van der Waals surface area contributed by atoms with Gasteiger partial charge in [-0.25, -0.2) is 0 Å². The van der Waals surface area contributed by atoms with Gasteiger partial charge in [0.05, 0.1) is 12.6 Å². The van der Waals surface area contributed by atoms with Crippen LogP contribution in [-0.4, -0.2) is 24.7 Å². The van der Waals surface area contributed by atoms with Crippen LogP contribution in [0.5, 0.6) is 11.5 Å². The van der Waals surface area contributed by atoms with E-state index in [0.29, 0.717) is 30.2 Å². The highest BCUT2D eigenvalue weighted by molar-refractivity contribution is 5.98. The first-order valence-electron chi connectivity index (χ1n) is 9.73. The number of benzene rings is 2. The summed E-state index contributed by atoms with van der Waals surface area (Å²) in [7, 11) is 0.